The standard InChI is InChI=1S/C17H24F3N5O3S/c1-24(29(26,27)22-7-6-21)13-2-3-15-14(10-13)23-16(17(18,19)20)25(15)11-12-4-8-28-9-5-12/h2-3,10,12,22H,4-9,11,21H2,1H3. The third-order valence-corrected chi connectivity index (χ3v) is 6.42. The van der Waals surface area contributed by atoms with Crippen LogP contribution in [0.25, 0.3) is 11.0 Å². The number of imidazole rings is 1. The first-order valence-electron chi connectivity index (χ1n) is 9.22. The molecule has 1 aliphatic heterocycles. The van der Waals surface area contributed by atoms with Gasteiger partial charge in [0.05, 0.1) is 16.7 Å². The SMILES string of the molecule is CN(c1ccc2c(c1)nc(C(F)(F)F)n2CC1CCOCC1)S(=O)(=O)NCCN. The molecule has 29 heavy (non-hydrogen) atoms. The average molecular weight is 435 g/mol. The maximum Gasteiger partial charge on any atom is 0.449 e. The van der Waals surface area contributed by atoms with E-state index < -0.39 is 22.2 Å². The van der Waals surface area contributed by atoms with Crippen LogP contribution in [0.1, 0.15) is 18.7 Å². The Labute approximate surface area is 167 Å². The van der Waals surface area contributed by atoms with E-state index in [2.05, 4.69) is 9.71 Å². The fourth-order valence-corrected chi connectivity index (χ4v) is 4.29. The molecule has 0 bridgehead atoms. The van der Waals surface area contributed by atoms with Gasteiger partial charge in [0.25, 0.3) is 0 Å². The van der Waals surface area contributed by atoms with E-state index in [0.717, 1.165) is 4.31 Å². The van der Waals surface area contributed by atoms with E-state index in [1.54, 1.807) is 0 Å². The molecule has 1 aliphatic rings. The molecule has 3 N–H and O–H groups in total. The number of aromatic nitrogens is 2. The smallest absolute Gasteiger partial charge is 0.381 e. The number of nitrogens with two attached hydrogens (primary N) is 1. The number of hydrogen-bond acceptors (Lipinski definition) is 5. The van der Waals surface area contributed by atoms with Crippen molar-refractivity contribution in [3.63, 3.8) is 0 Å². The van der Waals surface area contributed by atoms with Crippen LogP contribution < -0.4 is 14.8 Å². The van der Waals surface area contributed by atoms with Crippen LogP contribution in [-0.4, -0.2) is 51.3 Å². The lowest BCUT2D eigenvalue weighted by Crippen LogP contribution is -2.40. The van der Waals surface area contributed by atoms with Crippen LogP contribution in [-0.2, 0) is 27.7 Å². The summed E-state index contributed by atoms with van der Waals surface area (Å²) in [6.07, 6.45) is -3.25. The Bertz CT molecular complexity index is 955. The summed E-state index contributed by atoms with van der Waals surface area (Å²) in [7, 11) is -2.56. The average Bonchev–Trinajstić information content (AvgIpc) is 3.04. The van der Waals surface area contributed by atoms with E-state index >= 15 is 0 Å². The van der Waals surface area contributed by atoms with Crippen molar-refractivity contribution < 1.29 is 26.3 Å². The van der Waals surface area contributed by atoms with Gasteiger partial charge in [0.1, 0.15) is 0 Å². The Morgan fingerprint density at radius 1 is 1.34 bits per heavy atom. The van der Waals surface area contributed by atoms with Gasteiger partial charge in [0.2, 0.25) is 5.82 Å². The van der Waals surface area contributed by atoms with Crippen molar-refractivity contribution in [1.82, 2.24) is 14.3 Å². The second-order valence-corrected chi connectivity index (χ2v) is 8.71. The van der Waals surface area contributed by atoms with E-state index in [-0.39, 0.29) is 36.8 Å². The predicted molar refractivity (Wildman–Crippen MR) is 103 cm³/mol. The van der Waals surface area contributed by atoms with Gasteiger partial charge in [-0.1, -0.05) is 0 Å². The molecule has 0 saturated carbocycles. The Morgan fingerprint density at radius 2 is 2.03 bits per heavy atom. The Hall–Kier alpha value is -1.89. The van der Waals surface area contributed by atoms with E-state index in [4.69, 9.17) is 10.5 Å². The molecule has 1 aromatic heterocycles. The largest absolute Gasteiger partial charge is 0.449 e. The van der Waals surface area contributed by atoms with E-state index in [9.17, 15) is 21.6 Å². The normalized spacial score (nSPS) is 16.4. The summed E-state index contributed by atoms with van der Waals surface area (Å²) in [6, 6.07) is 4.28. The lowest BCUT2D eigenvalue weighted by Gasteiger charge is -2.24. The number of ether oxygens (including phenoxy) is 1. The molecule has 2 aromatic rings. The van der Waals surface area contributed by atoms with Crippen molar-refractivity contribution in [2.24, 2.45) is 11.7 Å². The van der Waals surface area contributed by atoms with Crippen LogP contribution in [0.4, 0.5) is 18.9 Å². The highest BCUT2D eigenvalue weighted by Gasteiger charge is 2.38. The molecule has 1 aromatic carbocycles. The van der Waals surface area contributed by atoms with Crippen molar-refractivity contribution in [3.8, 4) is 0 Å². The number of anilines is 1. The number of fused-ring (bicyclic) bond motifs is 1. The van der Waals surface area contributed by atoms with Crippen LogP contribution in [0, 0.1) is 5.92 Å². The van der Waals surface area contributed by atoms with Gasteiger partial charge in [0.15, 0.2) is 0 Å². The maximum atomic E-state index is 13.6. The summed E-state index contributed by atoms with van der Waals surface area (Å²) < 4.78 is 75.0. The van der Waals surface area contributed by atoms with Gasteiger partial charge < -0.3 is 15.0 Å². The highest BCUT2D eigenvalue weighted by Crippen LogP contribution is 2.34. The highest BCUT2D eigenvalue weighted by atomic mass is 32.2. The zero-order chi connectivity index (χ0) is 21.2. The fraction of sp³-hybridized carbons (Fsp3) is 0.588. The zero-order valence-corrected chi connectivity index (χ0v) is 16.8. The van der Waals surface area contributed by atoms with E-state index in [1.165, 1.54) is 29.8 Å². The summed E-state index contributed by atoms with van der Waals surface area (Å²) in [5, 5.41) is 0. The molecule has 0 atom stereocenters. The monoisotopic (exact) mass is 435 g/mol. The van der Waals surface area contributed by atoms with Gasteiger partial charge in [-0.05, 0) is 37.0 Å². The van der Waals surface area contributed by atoms with Gasteiger partial charge in [-0.3, -0.25) is 4.31 Å². The van der Waals surface area contributed by atoms with Gasteiger partial charge in [-0.2, -0.15) is 26.3 Å². The first-order valence-corrected chi connectivity index (χ1v) is 10.7. The first-order chi connectivity index (χ1) is 13.6. The number of rotatable bonds is 7. The Balaban J connectivity index is 1.98. The quantitative estimate of drug-likeness (QED) is 0.689. The van der Waals surface area contributed by atoms with Gasteiger partial charge >= 0.3 is 16.4 Å². The van der Waals surface area contributed by atoms with Crippen molar-refractivity contribution >= 4 is 26.9 Å². The third kappa shape index (κ3) is 4.82. The summed E-state index contributed by atoms with van der Waals surface area (Å²) in [4.78, 5) is 3.78. The summed E-state index contributed by atoms with van der Waals surface area (Å²) in [5.41, 5.74) is 5.91. The molecule has 0 amide bonds. The number of halogens is 3. The molecule has 3 rings (SSSR count). The molecule has 8 nitrogen and oxygen atoms in total. The number of nitrogens with zero attached hydrogens (tertiary/aromatic N) is 3. The molecule has 1 saturated heterocycles. The third-order valence-electron chi connectivity index (χ3n) is 4.92. The zero-order valence-electron chi connectivity index (χ0n) is 15.9. The van der Waals surface area contributed by atoms with Gasteiger partial charge in [-0.15, -0.1) is 0 Å². The lowest BCUT2D eigenvalue weighted by molar-refractivity contribution is -0.147. The molecule has 0 unspecified atom stereocenters. The summed E-state index contributed by atoms with van der Waals surface area (Å²) >= 11 is 0. The van der Waals surface area contributed by atoms with Crippen molar-refractivity contribution in [3.05, 3.63) is 24.0 Å². The predicted octanol–water partition coefficient (Wildman–Crippen LogP) is 1.71. The van der Waals surface area contributed by atoms with Crippen molar-refractivity contribution in [2.45, 2.75) is 25.6 Å². The molecule has 1 fully saturated rings. The minimum atomic E-state index is -4.62. The molecule has 2 heterocycles. The second kappa shape index (κ2) is 8.46. The minimum Gasteiger partial charge on any atom is -0.381 e. The molecular formula is C17H24F3N5O3S. The number of benzene rings is 1. The molecule has 0 aliphatic carbocycles. The fourth-order valence-electron chi connectivity index (χ4n) is 3.33. The van der Waals surface area contributed by atoms with Crippen LogP contribution in [0.2, 0.25) is 0 Å². The molecule has 0 spiro atoms. The van der Waals surface area contributed by atoms with Crippen molar-refractivity contribution in [1.29, 1.82) is 0 Å². The molecule has 0 radical (unpaired) electrons. The number of alkyl halides is 3. The number of hydrogen-bond donors (Lipinski definition) is 2. The lowest BCUT2D eigenvalue weighted by atomic mass is 10.0. The number of nitrogens with one attached hydrogen (secondary N) is 1. The van der Waals surface area contributed by atoms with Gasteiger partial charge in [0, 0.05) is 39.9 Å². The molecular weight excluding hydrogens is 411 g/mol. The summed E-state index contributed by atoms with van der Waals surface area (Å²) in [5.74, 6) is -0.923. The van der Waals surface area contributed by atoms with E-state index in [1.807, 2.05) is 0 Å². The first kappa shape index (κ1) is 21.8. The highest BCUT2D eigenvalue weighted by molar-refractivity contribution is 7.90. The Morgan fingerprint density at radius 3 is 2.66 bits per heavy atom. The molecule has 12 heteroatoms. The maximum absolute atomic E-state index is 13.6. The van der Waals surface area contributed by atoms with Crippen molar-refractivity contribution in [2.75, 3.05) is 37.7 Å². The Kier molecular flexibility index (Phi) is 6.36. The van der Waals surface area contributed by atoms with E-state index in [0.29, 0.717) is 31.6 Å². The minimum absolute atomic E-state index is 0.0485. The topological polar surface area (TPSA) is 102 Å². The summed E-state index contributed by atoms with van der Waals surface area (Å²) in [6.45, 7) is 1.41. The van der Waals surface area contributed by atoms with Crippen LogP contribution >= 0.6 is 0 Å². The second-order valence-electron chi connectivity index (χ2n) is 6.93. The van der Waals surface area contributed by atoms with Crippen LogP contribution in [0.5, 0.6) is 0 Å². The van der Waals surface area contributed by atoms with Crippen LogP contribution in [0.15, 0.2) is 18.2 Å². The van der Waals surface area contributed by atoms with Gasteiger partial charge in [-0.25, -0.2) is 4.98 Å². The van der Waals surface area contributed by atoms with Crippen LogP contribution in [0.3, 0.4) is 0 Å². The molecule has 162 valence electrons.